The Morgan fingerprint density at radius 3 is 2.73 bits per heavy atom. The molecule has 1 heterocycles. The normalized spacial score (nSPS) is 21.1. The average molecular weight is 320 g/mol. The Balaban J connectivity index is 1.79. The number of nitrogens with zero attached hydrogens (tertiary/aromatic N) is 1. The van der Waals surface area contributed by atoms with E-state index in [2.05, 4.69) is 10.5 Å². The SMILES string of the molecule is CC(/C=N\NC(=O)C[C@H]1CCS(=O)(=O)C1)=C\c1ccccc1. The van der Waals surface area contributed by atoms with Gasteiger partial charge in [-0.05, 0) is 30.4 Å². The van der Waals surface area contributed by atoms with Crippen molar-refractivity contribution in [2.24, 2.45) is 11.0 Å². The van der Waals surface area contributed by atoms with E-state index in [0.717, 1.165) is 11.1 Å². The molecule has 1 amide bonds. The summed E-state index contributed by atoms with van der Waals surface area (Å²) < 4.78 is 22.7. The van der Waals surface area contributed by atoms with Crippen LogP contribution in [-0.4, -0.2) is 32.0 Å². The van der Waals surface area contributed by atoms with Crippen LogP contribution in [0.2, 0.25) is 0 Å². The molecule has 6 heteroatoms. The van der Waals surface area contributed by atoms with Gasteiger partial charge >= 0.3 is 0 Å². The van der Waals surface area contributed by atoms with Gasteiger partial charge in [-0.25, -0.2) is 13.8 Å². The van der Waals surface area contributed by atoms with Crippen molar-refractivity contribution in [3.05, 3.63) is 41.5 Å². The van der Waals surface area contributed by atoms with Gasteiger partial charge in [-0.3, -0.25) is 4.79 Å². The second-order valence-corrected chi connectivity index (χ2v) is 7.79. The molecule has 0 bridgehead atoms. The zero-order chi connectivity index (χ0) is 16.0. The first-order valence-electron chi connectivity index (χ1n) is 7.20. The highest BCUT2D eigenvalue weighted by atomic mass is 32.2. The fourth-order valence-corrected chi connectivity index (χ4v) is 4.26. The van der Waals surface area contributed by atoms with Crippen molar-refractivity contribution in [2.75, 3.05) is 11.5 Å². The molecule has 5 nitrogen and oxygen atoms in total. The molecule has 1 fully saturated rings. The Morgan fingerprint density at radius 1 is 1.36 bits per heavy atom. The fourth-order valence-electron chi connectivity index (χ4n) is 2.40. The van der Waals surface area contributed by atoms with Crippen molar-refractivity contribution in [3.8, 4) is 0 Å². The summed E-state index contributed by atoms with van der Waals surface area (Å²) in [7, 11) is -2.94. The third-order valence-corrected chi connectivity index (χ3v) is 5.29. The van der Waals surface area contributed by atoms with Crippen LogP contribution in [0.3, 0.4) is 0 Å². The summed E-state index contributed by atoms with van der Waals surface area (Å²) in [4.78, 5) is 11.7. The molecule has 1 aromatic carbocycles. The molecule has 1 aromatic rings. The molecule has 1 saturated heterocycles. The van der Waals surface area contributed by atoms with Crippen molar-refractivity contribution >= 4 is 28.0 Å². The summed E-state index contributed by atoms with van der Waals surface area (Å²) in [6.45, 7) is 1.90. The lowest BCUT2D eigenvalue weighted by Gasteiger charge is -2.05. The third-order valence-electron chi connectivity index (χ3n) is 3.45. The molecular formula is C16H20N2O3S. The number of benzene rings is 1. The minimum atomic E-state index is -2.94. The topological polar surface area (TPSA) is 75.6 Å². The summed E-state index contributed by atoms with van der Waals surface area (Å²) >= 11 is 0. The van der Waals surface area contributed by atoms with Gasteiger partial charge in [-0.1, -0.05) is 36.4 Å². The number of rotatable bonds is 5. The zero-order valence-electron chi connectivity index (χ0n) is 12.5. The summed E-state index contributed by atoms with van der Waals surface area (Å²) in [5.41, 5.74) is 4.42. The van der Waals surface area contributed by atoms with E-state index in [1.54, 1.807) is 6.21 Å². The number of hydrogen-bond donors (Lipinski definition) is 1. The van der Waals surface area contributed by atoms with E-state index in [0.29, 0.717) is 6.42 Å². The van der Waals surface area contributed by atoms with Crippen LogP contribution >= 0.6 is 0 Å². The lowest BCUT2D eigenvalue weighted by atomic mass is 10.1. The summed E-state index contributed by atoms with van der Waals surface area (Å²) in [5, 5.41) is 3.90. The van der Waals surface area contributed by atoms with Crippen molar-refractivity contribution in [1.82, 2.24) is 5.43 Å². The van der Waals surface area contributed by atoms with Crippen LogP contribution in [0.4, 0.5) is 0 Å². The van der Waals surface area contributed by atoms with E-state index in [1.165, 1.54) is 0 Å². The van der Waals surface area contributed by atoms with Crippen LogP contribution in [-0.2, 0) is 14.6 Å². The molecule has 22 heavy (non-hydrogen) atoms. The molecule has 118 valence electrons. The number of sulfone groups is 1. The maximum absolute atomic E-state index is 11.7. The van der Waals surface area contributed by atoms with Gasteiger partial charge < -0.3 is 0 Å². The van der Waals surface area contributed by atoms with Gasteiger partial charge in [0.15, 0.2) is 9.84 Å². The Labute approximate surface area is 131 Å². The van der Waals surface area contributed by atoms with Gasteiger partial charge in [0.05, 0.1) is 17.7 Å². The first kappa shape index (κ1) is 16.4. The quantitative estimate of drug-likeness (QED) is 0.666. The van der Waals surface area contributed by atoms with Gasteiger partial charge in [-0.2, -0.15) is 5.10 Å². The van der Waals surface area contributed by atoms with Crippen molar-refractivity contribution in [1.29, 1.82) is 0 Å². The van der Waals surface area contributed by atoms with Crippen LogP contribution in [0.25, 0.3) is 6.08 Å². The minimum Gasteiger partial charge on any atom is -0.273 e. The molecule has 0 aromatic heterocycles. The molecule has 1 atom stereocenters. The Morgan fingerprint density at radius 2 is 2.09 bits per heavy atom. The highest BCUT2D eigenvalue weighted by molar-refractivity contribution is 7.91. The van der Waals surface area contributed by atoms with Crippen molar-refractivity contribution in [3.63, 3.8) is 0 Å². The second-order valence-electron chi connectivity index (χ2n) is 5.57. The molecule has 2 rings (SSSR count). The second kappa shape index (κ2) is 7.35. The van der Waals surface area contributed by atoms with Crippen LogP contribution in [0.15, 0.2) is 41.0 Å². The number of hydrogen-bond acceptors (Lipinski definition) is 4. The highest BCUT2D eigenvalue weighted by Gasteiger charge is 2.29. The number of amides is 1. The van der Waals surface area contributed by atoms with Crippen LogP contribution < -0.4 is 5.43 Å². The monoisotopic (exact) mass is 320 g/mol. The van der Waals surface area contributed by atoms with Crippen LogP contribution in [0.1, 0.15) is 25.3 Å². The maximum atomic E-state index is 11.7. The molecule has 1 aliphatic rings. The minimum absolute atomic E-state index is 0.0823. The van der Waals surface area contributed by atoms with Crippen LogP contribution in [0, 0.1) is 5.92 Å². The van der Waals surface area contributed by atoms with Gasteiger partial charge in [0, 0.05) is 6.42 Å². The third kappa shape index (κ3) is 5.44. The fraction of sp³-hybridized carbons (Fsp3) is 0.375. The zero-order valence-corrected chi connectivity index (χ0v) is 13.3. The van der Waals surface area contributed by atoms with E-state index in [4.69, 9.17) is 0 Å². The predicted molar refractivity (Wildman–Crippen MR) is 88.1 cm³/mol. The van der Waals surface area contributed by atoms with E-state index in [1.807, 2.05) is 43.3 Å². The summed E-state index contributed by atoms with van der Waals surface area (Å²) in [6, 6.07) is 9.82. The lowest BCUT2D eigenvalue weighted by molar-refractivity contribution is -0.121. The molecule has 0 spiro atoms. The Bertz CT molecular complexity index is 679. The summed E-state index contributed by atoms with van der Waals surface area (Å²) in [6.07, 6.45) is 4.31. The molecular weight excluding hydrogens is 300 g/mol. The van der Waals surface area contributed by atoms with Gasteiger partial charge in [-0.15, -0.1) is 0 Å². The Kier molecular flexibility index (Phi) is 5.49. The number of hydrazone groups is 1. The first-order valence-corrected chi connectivity index (χ1v) is 9.02. The number of allylic oxidation sites excluding steroid dienone is 1. The molecule has 1 N–H and O–H groups in total. The molecule has 0 unspecified atom stereocenters. The Hall–Kier alpha value is -1.95. The standard InChI is InChI=1S/C16H20N2O3S/c1-13(9-14-5-3-2-4-6-14)11-17-18-16(19)10-15-7-8-22(20,21)12-15/h2-6,9,11,15H,7-8,10,12H2,1H3,(H,18,19)/b13-9+,17-11-/t15-/m1/s1. The average Bonchev–Trinajstić information content (AvgIpc) is 2.79. The maximum Gasteiger partial charge on any atom is 0.240 e. The smallest absolute Gasteiger partial charge is 0.240 e. The van der Waals surface area contributed by atoms with Gasteiger partial charge in [0.25, 0.3) is 0 Å². The largest absolute Gasteiger partial charge is 0.273 e. The van der Waals surface area contributed by atoms with Crippen molar-refractivity contribution < 1.29 is 13.2 Å². The first-order chi connectivity index (χ1) is 10.4. The molecule has 0 aliphatic carbocycles. The molecule has 0 radical (unpaired) electrons. The van der Waals surface area contributed by atoms with Gasteiger partial charge in [0.2, 0.25) is 5.91 Å². The van der Waals surface area contributed by atoms with Crippen molar-refractivity contribution in [2.45, 2.75) is 19.8 Å². The highest BCUT2D eigenvalue weighted by Crippen LogP contribution is 2.21. The summed E-state index contributed by atoms with van der Waals surface area (Å²) in [5.74, 6) is -0.0310. The van der Waals surface area contributed by atoms with E-state index in [-0.39, 0.29) is 29.8 Å². The molecule has 1 aliphatic heterocycles. The number of carbonyl (C=O) groups is 1. The van der Waals surface area contributed by atoms with E-state index >= 15 is 0 Å². The number of nitrogens with one attached hydrogen (secondary N) is 1. The van der Waals surface area contributed by atoms with E-state index in [9.17, 15) is 13.2 Å². The molecule has 0 saturated carbocycles. The lowest BCUT2D eigenvalue weighted by Crippen LogP contribution is -2.21. The predicted octanol–water partition coefficient (Wildman–Crippen LogP) is 2.02. The number of carbonyl (C=O) groups excluding carboxylic acids is 1. The van der Waals surface area contributed by atoms with Crippen LogP contribution in [0.5, 0.6) is 0 Å². The van der Waals surface area contributed by atoms with E-state index < -0.39 is 9.84 Å². The van der Waals surface area contributed by atoms with Gasteiger partial charge in [0.1, 0.15) is 0 Å².